The molecule has 0 aliphatic rings. The van der Waals surface area contributed by atoms with Gasteiger partial charge in [0.05, 0.1) is 17.1 Å². The van der Waals surface area contributed by atoms with Crippen molar-refractivity contribution in [2.75, 3.05) is 13.7 Å². The molecule has 24 heavy (non-hydrogen) atoms. The number of H-pyrrole nitrogens is 2. The lowest BCUT2D eigenvalue weighted by Gasteiger charge is -2.07. The third-order valence-electron chi connectivity index (χ3n) is 3.69. The van der Waals surface area contributed by atoms with E-state index in [0.29, 0.717) is 16.3 Å². The quantitative estimate of drug-likeness (QED) is 0.609. The van der Waals surface area contributed by atoms with Crippen molar-refractivity contribution in [3.63, 3.8) is 0 Å². The molecule has 0 spiro atoms. The first-order chi connectivity index (χ1) is 11.4. The minimum absolute atomic E-state index is 0.0295. The van der Waals surface area contributed by atoms with Crippen molar-refractivity contribution < 1.29 is 17.9 Å². The highest BCUT2D eigenvalue weighted by Crippen LogP contribution is 2.27. The fourth-order valence-corrected chi connectivity index (χ4v) is 3.32. The Morgan fingerprint density at radius 1 is 1.33 bits per heavy atom. The summed E-state index contributed by atoms with van der Waals surface area (Å²) >= 11 is 0. The molecule has 0 saturated heterocycles. The summed E-state index contributed by atoms with van der Waals surface area (Å²) in [5.41, 5.74) is 0.386. The van der Waals surface area contributed by atoms with E-state index < -0.39 is 21.6 Å². The molecular weight excluding hydrogens is 334 g/mol. The average Bonchev–Trinajstić information content (AvgIpc) is 3.01. The summed E-state index contributed by atoms with van der Waals surface area (Å²) in [5.74, 6) is -0.586. The Bertz CT molecular complexity index is 1110. The van der Waals surface area contributed by atoms with E-state index in [-0.39, 0.29) is 22.6 Å². The van der Waals surface area contributed by atoms with Crippen LogP contribution < -0.4 is 10.3 Å². The first kappa shape index (κ1) is 16.2. The van der Waals surface area contributed by atoms with Crippen molar-refractivity contribution in [3.05, 3.63) is 40.3 Å². The maximum absolute atomic E-state index is 12.2. The van der Waals surface area contributed by atoms with Gasteiger partial charge in [-0.05, 0) is 32.2 Å². The second-order valence-electron chi connectivity index (χ2n) is 5.04. The molecule has 0 unspecified atom stereocenters. The van der Waals surface area contributed by atoms with Crippen molar-refractivity contribution in [2.45, 2.75) is 11.8 Å². The van der Waals surface area contributed by atoms with Gasteiger partial charge in [0, 0.05) is 22.5 Å². The van der Waals surface area contributed by atoms with Gasteiger partial charge in [-0.3, -0.25) is 4.79 Å². The number of fused-ring (bicyclic) bond motifs is 3. The lowest BCUT2D eigenvalue weighted by Crippen LogP contribution is -2.18. The van der Waals surface area contributed by atoms with Crippen LogP contribution in [0.5, 0.6) is 0 Å². The van der Waals surface area contributed by atoms with Gasteiger partial charge in [-0.15, -0.1) is 0 Å². The third kappa shape index (κ3) is 2.47. The zero-order chi connectivity index (χ0) is 17.5. The minimum atomic E-state index is -3.66. The summed E-state index contributed by atoms with van der Waals surface area (Å²) in [6.07, 6.45) is 1.39. The number of benzene rings is 1. The number of nitrogens with one attached hydrogen (secondary N) is 3. The maximum Gasteiger partial charge on any atom is 0.340 e. The van der Waals surface area contributed by atoms with Crippen LogP contribution in [0.25, 0.3) is 21.8 Å². The highest BCUT2D eigenvalue weighted by Gasteiger charge is 2.20. The number of sulfonamides is 1. The molecule has 2 heterocycles. The molecule has 9 heteroatoms. The fourth-order valence-electron chi connectivity index (χ4n) is 2.56. The molecule has 8 nitrogen and oxygen atoms in total. The van der Waals surface area contributed by atoms with Gasteiger partial charge in [-0.2, -0.15) is 0 Å². The molecule has 0 amide bonds. The fraction of sp³-hybridized carbons (Fsp3) is 0.200. The lowest BCUT2D eigenvalue weighted by atomic mass is 10.1. The molecule has 2 aromatic heterocycles. The zero-order valence-electron chi connectivity index (χ0n) is 13.0. The molecule has 0 fully saturated rings. The zero-order valence-corrected chi connectivity index (χ0v) is 13.8. The molecule has 3 aromatic rings. The first-order valence-electron chi connectivity index (χ1n) is 7.17. The Kier molecular flexibility index (Phi) is 3.90. The number of aromatic nitrogens is 2. The standard InChI is InChI=1S/C15H15N3O5S/c1-3-23-15(20)10-7-17-13-12(10)9-6-8(24(21,22)16-2)4-5-11(9)18-14(13)19/h4-7,16-17H,3H2,1-2H3,(H,18,19). The van der Waals surface area contributed by atoms with Crippen LogP contribution in [0, 0.1) is 0 Å². The summed E-state index contributed by atoms with van der Waals surface area (Å²) in [4.78, 5) is 29.7. The Morgan fingerprint density at radius 2 is 2.08 bits per heavy atom. The van der Waals surface area contributed by atoms with E-state index in [4.69, 9.17) is 4.74 Å². The number of carbonyl (C=O) groups is 1. The normalized spacial score (nSPS) is 11.9. The molecule has 0 aliphatic heterocycles. The second-order valence-corrected chi connectivity index (χ2v) is 6.93. The summed E-state index contributed by atoms with van der Waals surface area (Å²) in [6, 6.07) is 4.28. The van der Waals surface area contributed by atoms with Crippen molar-refractivity contribution >= 4 is 37.8 Å². The maximum atomic E-state index is 12.2. The van der Waals surface area contributed by atoms with Crippen LogP contribution in [-0.2, 0) is 14.8 Å². The molecule has 0 atom stereocenters. The topological polar surface area (TPSA) is 121 Å². The van der Waals surface area contributed by atoms with Gasteiger partial charge in [0.1, 0.15) is 5.52 Å². The Labute approximate surface area is 136 Å². The molecule has 126 valence electrons. The summed E-state index contributed by atoms with van der Waals surface area (Å²) in [7, 11) is -2.36. The van der Waals surface area contributed by atoms with Crippen LogP contribution in [-0.4, -0.2) is 38.0 Å². The predicted octanol–water partition coefficient (Wildman–Crippen LogP) is 1.09. The van der Waals surface area contributed by atoms with Gasteiger partial charge in [0.2, 0.25) is 10.0 Å². The molecule has 0 aliphatic carbocycles. The van der Waals surface area contributed by atoms with Crippen molar-refractivity contribution in [1.29, 1.82) is 0 Å². The molecule has 3 rings (SSSR count). The van der Waals surface area contributed by atoms with E-state index in [1.54, 1.807) is 6.92 Å². The van der Waals surface area contributed by atoms with Gasteiger partial charge in [-0.25, -0.2) is 17.9 Å². The van der Waals surface area contributed by atoms with Crippen molar-refractivity contribution in [2.24, 2.45) is 0 Å². The number of esters is 1. The average molecular weight is 349 g/mol. The molecule has 3 N–H and O–H groups in total. The number of carbonyl (C=O) groups excluding carboxylic acids is 1. The van der Waals surface area contributed by atoms with Gasteiger partial charge in [-0.1, -0.05) is 0 Å². The summed E-state index contributed by atoms with van der Waals surface area (Å²) < 4.78 is 31.3. The Morgan fingerprint density at radius 3 is 2.75 bits per heavy atom. The molecular formula is C15H15N3O5S. The van der Waals surface area contributed by atoms with Crippen molar-refractivity contribution in [1.82, 2.24) is 14.7 Å². The van der Waals surface area contributed by atoms with E-state index in [9.17, 15) is 18.0 Å². The van der Waals surface area contributed by atoms with Gasteiger partial charge in [0.15, 0.2) is 0 Å². The minimum Gasteiger partial charge on any atom is -0.462 e. The first-order valence-corrected chi connectivity index (χ1v) is 8.65. The molecule has 0 bridgehead atoms. The summed E-state index contributed by atoms with van der Waals surface area (Å²) in [6.45, 7) is 1.86. The Hall–Kier alpha value is -2.65. The van der Waals surface area contributed by atoms with Crippen molar-refractivity contribution in [3.8, 4) is 0 Å². The lowest BCUT2D eigenvalue weighted by molar-refractivity contribution is 0.0529. The summed E-state index contributed by atoms with van der Waals surface area (Å²) in [5, 5.41) is 0.769. The van der Waals surface area contributed by atoms with E-state index in [1.807, 2.05) is 0 Å². The van der Waals surface area contributed by atoms with Gasteiger partial charge in [0.25, 0.3) is 5.56 Å². The second kappa shape index (κ2) is 5.77. The van der Waals surface area contributed by atoms with Crippen LogP contribution in [0.2, 0.25) is 0 Å². The molecule has 1 aromatic carbocycles. The van der Waals surface area contributed by atoms with E-state index in [1.165, 1.54) is 31.4 Å². The van der Waals surface area contributed by atoms with Crippen LogP contribution in [0.1, 0.15) is 17.3 Å². The number of hydrogen-bond acceptors (Lipinski definition) is 5. The van der Waals surface area contributed by atoms with Crippen LogP contribution in [0.4, 0.5) is 0 Å². The van der Waals surface area contributed by atoms with E-state index in [2.05, 4.69) is 14.7 Å². The largest absolute Gasteiger partial charge is 0.462 e. The molecule has 0 radical (unpaired) electrons. The molecule has 0 saturated carbocycles. The van der Waals surface area contributed by atoms with Gasteiger partial charge >= 0.3 is 5.97 Å². The van der Waals surface area contributed by atoms with Crippen LogP contribution in [0.15, 0.2) is 34.1 Å². The smallest absolute Gasteiger partial charge is 0.340 e. The SMILES string of the molecule is CCOC(=O)c1c[nH]c2c(=O)[nH]c3ccc(S(=O)(=O)NC)cc3c12. The number of rotatable bonds is 4. The van der Waals surface area contributed by atoms with Crippen LogP contribution in [0.3, 0.4) is 0 Å². The van der Waals surface area contributed by atoms with E-state index in [0.717, 1.165) is 0 Å². The number of ether oxygens (including phenoxy) is 1. The monoisotopic (exact) mass is 349 g/mol. The highest BCUT2D eigenvalue weighted by atomic mass is 32.2. The predicted molar refractivity (Wildman–Crippen MR) is 88.6 cm³/mol. The Balaban J connectivity index is 2.42. The number of aromatic amines is 2. The number of pyridine rings is 1. The highest BCUT2D eigenvalue weighted by molar-refractivity contribution is 7.89. The van der Waals surface area contributed by atoms with Crippen LogP contribution >= 0.6 is 0 Å². The number of hydrogen-bond donors (Lipinski definition) is 3. The van der Waals surface area contributed by atoms with E-state index >= 15 is 0 Å². The third-order valence-corrected chi connectivity index (χ3v) is 5.10. The van der Waals surface area contributed by atoms with Gasteiger partial charge < -0.3 is 14.7 Å².